The van der Waals surface area contributed by atoms with Crippen LogP contribution < -0.4 is 0 Å². The molecular weight excluding hydrogens is 391 g/mol. The van der Waals surface area contributed by atoms with Crippen molar-refractivity contribution in [1.29, 1.82) is 0 Å². The normalized spacial score (nSPS) is 18.0. The maximum atomic E-state index is 13.6. The second-order valence-electron chi connectivity index (χ2n) is 8.23. The number of piperazine rings is 1. The van der Waals surface area contributed by atoms with Crippen LogP contribution in [0.15, 0.2) is 60.8 Å². The zero-order valence-corrected chi connectivity index (χ0v) is 17.7. The van der Waals surface area contributed by atoms with Crippen LogP contribution in [0.2, 0.25) is 0 Å². The molecule has 5 rings (SSSR count). The van der Waals surface area contributed by atoms with Crippen molar-refractivity contribution in [2.75, 3.05) is 26.7 Å². The van der Waals surface area contributed by atoms with Gasteiger partial charge in [0.25, 0.3) is 0 Å². The Kier molecular flexibility index (Phi) is 5.21. The number of hydrogen-bond acceptors (Lipinski definition) is 5. The number of pyridine rings is 2. The highest BCUT2D eigenvalue weighted by Crippen LogP contribution is 2.28. The van der Waals surface area contributed by atoms with Crippen molar-refractivity contribution in [2.45, 2.75) is 19.5 Å². The summed E-state index contributed by atoms with van der Waals surface area (Å²) in [6.07, 6.45) is 1.91. The fourth-order valence-electron chi connectivity index (χ4n) is 4.28. The third-order valence-corrected chi connectivity index (χ3v) is 5.98. The Morgan fingerprint density at radius 1 is 1.03 bits per heavy atom. The molecule has 0 bridgehead atoms. The average molecular weight is 417 g/mol. The lowest BCUT2D eigenvalue weighted by atomic mass is 10.1. The molecule has 1 saturated heterocycles. The van der Waals surface area contributed by atoms with Gasteiger partial charge in [-0.1, -0.05) is 29.5 Å². The number of aromatic nitrogens is 4. The molecular formula is C24H25FN6. The Morgan fingerprint density at radius 2 is 1.90 bits per heavy atom. The van der Waals surface area contributed by atoms with Gasteiger partial charge >= 0.3 is 0 Å². The monoisotopic (exact) mass is 416 g/mol. The topological polar surface area (TPSA) is 49.6 Å². The van der Waals surface area contributed by atoms with Crippen LogP contribution in [-0.4, -0.2) is 56.3 Å². The molecule has 7 heteroatoms. The largest absolute Gasteiger partial charge is 0.295 e. The second kappa shape index (κ2) is 8.17. The van der Waals surface area contributed by atoms with Gasteiger partial charge in [-0.3, -0.25) is 14.8 Å². The minimum Gasteiger partial charge on any atom is -0.295 e. The maximum absolute atomic E-state index is 13.6. The van der Waals surface area contributed by atoms with Crippen LogP contribution in [-0.2, 0) is 6.54 Å². The first-order chi connectivity index (χ1) is 15.1. The van der Waals surface area contributed by atoms with Gasteiger partial charge in [-0.2, -0.15) is 0 Å². The van der Waals surface area contributed by atoms with Crippen molar-refractivity contribution in [3.63, 3.8) is 0 Å². The van der Waals surface area contributed by atoms with Crippen LogP contribution in [0.5, 0.6) is 0 Å². The van der Waals surface area contributed by atoms with Crippen LogP contribution >= 0.6 is 0 Å². The van der Waals surface area contributed by atoms with E-state index >= 15 is 0 Å². The minimum absolute atomic E-state index is 0.149. The molecule has 0 N–H and O–H groups in total. The Balaban J connectivity index is 1.41. The van der Waals surface area contributed by atoms with E-state index < -0.39 is 0 Å². The number of aryl methyl sites for hydroxylation is 1. The van der Waals surface area contributed by atoms with Gasteiger partial charge in [-0.15, -0.1) is 5.10 Å². The molecule has 1 aromatic carbocycles. The summed E-state index contributed by atoms with van der Waals surface area (Å²) in [6, 6.07) is 17.0. The van der Waals surface area contributed by atoms with Crippen molar-refractivity contribution in [3.8, 4) is 11.1 Å². The summed E-state index contributed by atoms with van der Waals surface area (Å²) in [4.78, 5) is 9.42. The molecule has 0 amide bonds. The summed E-state index contributed by atoms with van der Waals surface area (Å²) in [5.41, 5.74) is 5.82. The number of benzene rings is 1. The molecule has 1 atom stereocenters. The third-order valence-electron chi connectivity index (χ3n) is 5.98. The van der Waals surface area contributed by atoms with E-state index in [-0.39, 0.29) is 11.9 Å². The Hall–Kier alpha value is -3.16. The van der Waals surface area contributed by atoms with E-state index in [4.69, 9.17) is 0 Å². The third kappa shape index (κ3) is 4.06. The highest BCUT2D eigenvalue weighted by Gasteiger charge is 2.29. The molecule has 1 fully saturated rings. The van der Waals surface area contributed by atoms with Gasteiger partial charge in [0.05, 0.1) is 17.3 Å². The summed E-state index contributed by atoms with van der Waals surface area (Å²) < 4.78 is 15.4. The lowest BCUT2D eigenvalue weighted by molar-refractivity contribution is 0.0880. The number of hydrogen-bond donors (Lipinski definition) is 0. The SMILES string of the molecule is Cc1cccc(CN2CCN(C)C(c3nnn4cc(-c5cccc(F)c5)ccc34)C2)n1. The average Bonchev–Trinajstić information content (AvgIpc) is 3.18. The first-order valence-electron chi connectivity index (χ1n) is 10.5. The summed E-state index contributed by atoms with van der Waals surface area (Å²) in [6.45, 7) is 5.67. The number of halogens is 1. The Morgan fingerprint density at radius 3 is 2.74 bits per heavy atom. The lowest BCUT2D eigenvalue weighted by Gasteiger charge is -2.38. The number of nitrogens with zero attached hydrogens (tertiary/aromatic N) is 6. The maximum Gasteiger partial charge on any atom is 0.123 e. The van der Waals surface area contributed by atoms with Gasteiger partial charge < -0.3 is 0 Å². The van der Waals surface area contributed by atoms with Gasteiger partial charge in [-0.25, -0.2) is 8.91 Å². The van der Waals surface area contributed by atoms with Gasteiger partial charge in [-0.05, 0) is 49.9 Å². The van der Waals surface area contributed by atoms with Crippen LogP contribution in [0, 0.1) is 12.7 Å². The van der Waals surface area contributed by atoms with Crippen molar-refractivity contribution >= 4 is 5.52 Å². The van der Waals surface area contributed by atoms with Crippen LogP contribution in [0.3, 0.4) is 0 Å². The van der Waals surface area contributed by atoms with Crippen molar-refractivity contribution in [1.82, 2.24) is 29.6 Å². The van der Waals surface area contributed by atoms with E-state index in [0.29, 0.717) is 0 Å². The highest BCUT2D eigenvalue weighted by atomic mass is 19.1. The first-order valence-corrected chi connectivity index (χ1v) is 10.5. The molecule has 0 radical (unpaired) electrons. The standard InChI is InChI=1S/C24H25FN6/c1-17-5-3-8-21(26-17)15-30-12-11-29(2)23(16-30)24-22-10-9-19(14-31(22)28-27-24)18-6-4-7-20(25)13-18/h3-10,13-14,23H,11-12,15-16H2,1-2H3. The fraction of sp³-hybridized carbons (Fsp3) is 0.292. The van der Waals surface area contributed by atoms with Crippen LogP contribution in [0.4, 0.5) is 4.39 Å². The van der Waals surface area contributed by atoms with Gasteiger partial charge in [0.2, 0.25) is 0 Å². The van der Waals surface area contributed by atoms with E-state index in [1.54, 1.807) is 10.6 Å². The van der Waals surface area contributed by atoms with Gasteiger partial charge in [0.15, 0.2) is 0 Å². The number of fused-ring (bicyclic) bond motifs is 1. The van der Waals surface area contributed by atoms with E-state index in [1.807, 2.05) is 37.4 Å². The molecule has 4 heterocycles. The first kappa shape index (κ1) is 19.8. The van der Waals surface area contributed by atoms with Crippen molar-refractivity contribution in [2.24, 2.45) is 0 Å². The molecule has 1 aliphatic rings. The second-order valence-corrected chi connectivity index (χ2v) is 8.23. The van der Waals surface area contributed by atoms with E-state index in [0.717, 1.165) is 59.9 Å². The van der Waals surface area contributed by atoms with Gasteiger partial charge in [0.1, 0.15) is 11.5 Å². The minimum atomic E-state index is -0.246. The molecule has 6 nitrogen and oxygen atoms in total. The summed E-state index contributed by atoms with van der Waals surface area (Å²) in [5, 5.41) is 8.91. The van der Waals surface area contributed by atoms with E-state index in [9.17, 15) is 4.39 Å². The predicted octanol–water partition coefficient (Wildman–Crippen LogP) is 3.73. The number of likely N-dealkylation sites (N-methyl/N-ethyl adjacent to an activating group) is 1. The molecule has 1 unspecified atom stereocenters. The van der Waals surface area contributed by atoms with E-state index in [1.165, 1.54) is 12.1 Å². The van der Waals surface area contributed by atoms with Crippen LogP contribution in [0.1, 0.15) is 23.1 Å². The smallest absolute Gasteiger partial charge is 0.123 e. The lowest BCUT2D eigenvalue weighted by Crippen LogP contribution is -2.46. The fourth-order valence-corrected chi connectivity index (χ4v) is 4.28. The molecule has 0 spiro atoms. The summed E-state index contributed by atoms with van der Waals surface area (Å²) in [5.74, 6) is -0.246. The Labute approximate surface area is 180 Å². The quantitative estimate of drug-likeness (QED) is 0.507. The molecule has 4 aromatic rings. The van der Waals surface area contributed by atoms with Crippen molar-refractivity contribution in [3.05, 3.63) is 83.7 Å². The highest BCUT2D eigenvalue weighted by molar-refractivity contribution is 5.66. The summed E-state index contributed by atoms with van der Waals surface area (Å²) in [7, 11) is 2.14. The zero-order valence-electron chi connectivity index (χ0n) is 17.7. The summed E-state index contributed by atoms with van der Waals surface area (Å²) >= 11 is 0. The number of rotatable bonds is 4. The molecule has 0 aliphatic carbocycles. The van der Waals surface area contributed by atoms with Crippen molar-refractivity contribution < 1.29 is 4.39 Å². The molecule has 3 aromatic heterocycles. The van der Waals surface area contributed by atoms with Gasteiger partial charge in [0, 0.05) is 43.6 Å². The van der Waals surface area contributed by atoms with Crippen LogP contribution in [0.25, 0.3) is 16.6 Å². The molecule has 158 valence electrons. The molecule has 0 saturated carbocycles. The molecule has 1 aliphatic heterocycles. The zero-order chi connectivity index (χ0) is 21.4. The van der Waals surface area contributed by atoms with E-state index in [2.05, 4.69) is 44.3 Å². The molecule has 31 heavy (non-hydrogen) atoms. The Bertz CT molecular complexity index is 1220. The predicted molar refractivity (Wildman–Crippen MR) is 118 cm³/mol.